The maximum Gasteiger partial charge on any atom is 0.312 e. The number of ether oxygens (including phenoxy) is 1. The molecule has 3 rings (SSSR count). The molecule has 146 valence electrons. The number of nitro benzene ring substituents is 1. The highest BCUT2D eigenvalue weighted by atomic mass is 127. The van der Waals surface area contributed by atoms with Crippen LogP contribution in [0, 0.1) is 13.7 Å². The van der Waals surface area contributed by atoms with Gasteiger partial charge in [0.05, 0.1) is 20.5 Å². The number of amides is 1. The largest absolute Gasteiger partial charge is 0.489 e. The monoisotopic (exact) mass is 511 g/mol. The second-order valence-corrected chi connectivity index (χ2v) is 8.30. The van der Waals surface area contributed by atoms with Crippen molar-refractivity contribution in [2.45, 2.75) is 18.8 Å². The van der Waals surface area contributed by atoms with Crippen molar-refractivity contribution in [3.8, 4) is 5.75 Å². The van der Waals surface area contributed by atoms with Crippen molar-refractivity contribution in [1.82, 2.24) is 5.32 Å². The molecule has 1 aliphatic heterocycles. The lowest BCUT2D eigenvalue weighted by molar-refractivity contribution is -0.385. The highest BCUT2D eigenvalue weighted by molar-refractivity contribution is 14.1. The zero-order valence-electron chi connectivity index (χ0n) is 15.2. The summed E-state index contributed by atoms with van der Waals surface area (Å²) in [6, 6.07) is 11.2. The number of aryl methyl sites for hydroxylation is 1. The first-order valence-corrected chi connectivity index (χ1v) is 10.4. The molecule has 1 heterocycles. The Kier molecular flexibility index (Phi) is 6.45. The minimum Gasteiger partial charge on any atom is -0.489 e. The van der Waals surface area contributed by atoms with E-state index in [0.29, 0.717) is 14.0 Å². The molecule has 0 aromatic heterocycles. The topological polar surface area (TPSA) is 93.5 Å². The molecule has 1 amide bonds. The first-order chi connectivity index (χ1) is 13.4. The summed E-state index contributed by atoms with van der Waals surface area (Å²) in [4.78, 5) is 23.6. The number of nitrogens with one attached hydrogen (secondary N) is 2. The molecule has 1 saturated heterocycles. The molecule has 0 unspecified atom stereocenters. The number of methoxy groups -OCH3 is 1. The number of hydrogen-bond acceptors (Lipinski definition) is 6. The number of halogens is 1. The minimum atomic E-state index is -0.491. The molecule has 28 heavy (non-hydrogen) atoms. The molecule has 2 aromatic rings. The van der Waals surface area contributed by atoms with Gasteiger partial charge in [0, 0.05) is 11.8 Å². The van der Waals surface area contributed by atoms with Gasteiger partial charge in [0.1, 0.15) is 0 Å². The molecule has 7 nitrogen and oxygen atoms in total. The Labute approximate surface area is 180 Å². The summed E-state index contributed by atoms with van der Waals surface area (Å²) in [7, 11) is 1.40. The third kappa shape index (κ3) is 4.58. The van der Waals surface area contributed by atoms with E-state index in [9.17, 15) is 14.9 Å². The number of hydrogen-bond donors (Lipinski definition) is 2. The maximum atomic E-state index is 12.3. The lowest BCUT2D eigenvalue weighted by Gasteiger charge is -2.12. The van der Waals surface area contributed by atoms with Crippen LogP contribution in [-0.4, -0.2) is 23.4 Å². The lowest BCUT2D eigenvalue weighted by atomic mass is 10.1. The van der Waals surface area contributed by atoms with Gasteiger partial charge in [0.15, 0.2) is 5.50 Å². The van der Waals surface area contributed by atoms with Gasteiger partial charge in [-0.3, -0.25) is 14.9 Å². The highest BCUT2D eigenvalue weighted by Gasteiger charge is 2.28. The molecule has 1 atom stereocenters. The number of benzene rings is 2. The number of rotatable bonds is 6. The molecule has 0 aliphatic carbocycles. The van der Waals surface area contributed by atoms with E-state index >= 15 is 0 Å². The second-order valence-electron chi connectivity index (χ2n) is 5.99. The fraction of sp³-hybridized carbons (Fsp3) is 0.211. The van der Waals surface area contributed by atoms with Crippen molar-refractivity contribution in [3.63, 3.8) is 0 Å². The first-order valence-electron chi connectivity index (χ1n) is 8.48. The number of anilines is 1. The van der Waals surface area contributed by atoms with Crippen LogP contribution in [0.25, 0.3) is 6.08 Å². The van der Waals surface area contributed by atoms with Crippen molar-refractivity contribution in [2.24, 2.45) is 0 Å². The van der Waals surface area contributed by atoms with Crippen LogP contribution in [0.15, 0.2) is 41.3 Å². The van der Waals surface area contributed by atoms with E-state index in [1.165, 1.54) is 30.5 Å². The van der Waals surface area contributed by atoms with Gasteiger partial charge in [-0.15, -0.1) is 0 Å². The number of carbonyl (C=O) groups excluding carboxylic acids is 1. The van der Waals surface area contributed by atoms with Gasteiger partial charge in [0.2, 0.25) is 5.75 Å². The van der Waals surface area contributed by atoms with Crippen LogP contribution in [0.5, 0.6) is 5.75 Å². The Morgan fingerprint density at radius 1 is 1.36 bits per heavy atom. The summed E-state index contributed by atoms with van der Waals surface area (Å²) in [5.41, 5.74) is 2.28. The lowest BCUT2D eigenvalue weighted by Crippen LogP contribution is -2.30. The van der Waals surface area contributed by atoms with Gasteiger partial charge in [-0.25, -0.2) is 0 Å². The van der Waals surface area contributed by atoms with Crippen molar-refractivity contribution < 1.29 is 14.5 Å². The summed E-state index contributed by atoms with van der Waals surface area (Å²) in [6.45, 7) is 2.09. The van der Waals surface area contributed by atoms with E-state index in [1.54, 1.807) is 12.1 Å². The molecule has 0 saturated carbocycles. The average Bonchev–Trinajstić information content (AvgIpc) is 3.00. The van der Waals surface area contributed by atoms with E-state index in [2.05, 4.69) is 17.6 Å². The normalized spacial score (nSPS) is 17.5. The van der Waals surface area contributed by atoms with Gasteiger partial charge in [-0.05, 0) is 64.4 Å². The standard InChI is InChI=1S/C19H18IN3O4S/c1-3-11-4-6-13(7-5-11)21-19-22-18(24)16(28-19)10-12-8-14(20)17(27-2)15(9-12)23(25)26/h4-10,19,21H,3H2,1-2H3,(H,22,24)/b16-10-/t19-/m0/s1. The van der Waals surface area contributed by atoms with Crippen molar-refractivity contribution >= 4 is 57.7 Å². The third-order valence-corrected chi connectivity index (χ3v) is 5.97. The fourth-order valence-corrected chi connectivity index (χ4v) is 4.57. The SMILES string of the molecule is CCc1ccc(N[C@H]2NC(=O)/C(=C/c3cc(I)c(OC)c([N+](=O)[O-])c3)S2)cc1. The number of thioether (sulfide) groups is 1. The van der Waals surface area contributed by atoms with Gasteiger partial charge >= 0.3 is 5.69 Å². The Hall–Kier alpha value is -2.27. The van der Waals surface area contributed by atoms with Crippen LogP contribution in [0.3, 0.4) is 0 Å². The molecule has 0 spiro atoms. The molecular weight excluding hydrogens is 493 g/mol. The van der Waals surface area contributed by atoms with Crippen LogP contribution in [0.2, 0.25) is 0 Å². The van der Waals surface area contributed by atoms with Gasteiger partial charge in [-0.2, -0.15) is 0 Å². The number of carbonyl (C=O) groups is 1. The van der Waals surface area contributed by atoms with E-state index in [4.69, 9.17) is 4.74 Å². The van der Waals surface area contributed by atoms with E-state index in [1.807, 2.05) is 46.9 Å². The molecule has 0 radical (unpaired) electrons. The maximum absolute atomic E-state index is 12.3. The Morgan fingerprint density at radius 2 is 2.07 bits per heavy atom. The average molecular weight is 511 g/mol. The zero-order valence-corrected chi connectivity index (χ0v) is 18.2. The molecule has 2 N–H and O–H groups in total. The highest BCUT2D eigenvalue weighted by Crippen LogP contribution is 2.36. The number of nitro groups is 1. The second kappa shape index (κ2) is 8.82. The van der Waals surface area contributed by atoms with Crippen LogP contribution in [0.1, 0.15) is 18.1 Å². The fourth-order valence-electron chi connectivity index (χ4n) is 2.73. The summed E-state index contributed by atoms with van der Waals surface area (Å²) in [6.07, 6.45) is 2.62. The van der Waals surface area contributed by atoms with Gasteiger partial charge in [0.25, 0.3) is 5.91 Å². The Morgan fingerprint density at radius 3 is 2.68 bits per heavy atom. The summed E-state index contributed by atoms with van der Waals surface area (Å²) >= 11 is 3.32. The molecule has 1 fully saturated rings. The summed E-state index contributed by atoms with van der Waals surface area (Å²) in [5, 5.41) is 17.4. The number of nitrogens with zero attached hydrogens (tertiary/aromatic N) is 1. The third-order valence-electron chi connectivity index (χ3n) is 4.14. The molecule has 2 aromatic carbocycles. The van der Waals surface area contributed by atoms with Gasteiger partial charge < -0.3 is 15.4 Å². The molecule has 1 aliphatic rings. The van der Waals surface area contributed by atoms with Crippen molar-refractivity contribution in [2.75, 3.05) is 12.4 Å². The minimum absolute atomic E-state index is 0.129. The predicted molar refractivity (Wildman–Crippen MR) is 119 cm³/mol. The summed E-state index contributed by atoms with van der Waals surface area (Å²) < 4.78 is 5.73. The van der Waals surface area contributed by atoms with Gasteiger partial charge in [-0.1, -0.05) is 30.8 Å². The van der Waals surface area contributed by atoms with Crippen molar-refractivity contribution in [3.05, 3.63) is 66.1 Å². The van der Waals surface area contributed by atoms with Crippen LogP contribution in [0.4, 0.5) is 11.4 Å². The van der Waals surface area contributed by atoms with E-state index < -0.39 is 4.92 Å². The smallest absolute Gasteiger partial charge is 0.312 e. The van der Waals surface area contributed by atoms with Crippen molar-refractivity contribution in [1.29, 1.82) is 0 Å². The van der Waals surface area contributed by atoms with Crippen LogP contribution < -0.4 is 15.4 Å². The van der Waals surface area contributed by atoms with E-state index in [0.717, 1.165) is 12.1 Å². The molecule has 9 heteroatoms. The quantitative estimate of drug-likeness (QED) is 0.259. The van der Waals surface area contributed by atoms with E-state index in [-0.39, 0.29) is 22.8 Å². The summed E-state index contributed by atoms with van der Waals surface area (Å²) in [5.74, 6) is -0.00694. The zero-order chi connectivity index (χ0) is 20.3. The Bertz CT molecular complexity index is 947. The Balaban J connectivity index is 1.79. The molecular formula is C19H18IN3O4S. The van der Waals surface area contributed by atoms with Crippen LogP contribution >= 0.6 is 34.4 Å². The predicted octanol–water partition coefficient (Wildman–Crippen LogP) is 4.37. The molecule has 0 bridgehead atoms. The first kappa shape index (κ1) is 20.5. The van der Waals surface area contributed by atoms with Crippen LogP contribution in [-0.2, 0) is 11.2 Å².